The number of carbonyl (C=O) groups excluding carboxylic acids is 1. The van der Waals surface area contributed by atoms with Crippen LogP contribution in [-0.4, -0.2) is 40.6 Å². The molecule has 11 heteroatoms. The molecule has 0 radical (unpaired) electrons. The second-order valence-corrected chi connectivity index (χ2v) is 7.54. The lowest BCUT2D eigenvalue weighted by Crippen LogP contribution is -2.50. The summed E-state index contributed by atoms with van der Waals surface area (Å²) in [7, 11) is 0. The lowest BCUT2D eigenvalue weighted by atomic mass is 9.78. The molecule has 4 heterocycles. The fraction of sp³-hybridized carbons (Fsp3) is 0.316. The number of hydrogen-bond acceptors (Lipinski definition) is 7. The Morgan fingerprint density at radius 2 is 2.00 bits per heavy atom. The van der Waals surface area contributed by atoms with E-state index in [0.717, 1.165) is 12.8 Å². The first-order valence-electron chi connectivity index (χ1n) is 9.45. The third-order valence-electron chi connectivity index (χ3n) is 5.07. The van der Waals surface area contributed by atoms with E-state index in [1.54, 1.807) is 36.0 Å². The van der Waals surface area contributed by atoms with Crippen LogP contribution in [0.4, 0.5) is 16.2 Å². The molecule has 0 aromatic carbocycles. The zero-order valence-corrected chi connectivity index (χ0v) is 16.6. The van der Waals surface area contributed by atoms with Gasteiger partial charge < -0.3 is 16.8 Å². The molecular formula is C19H22FN9O. The lowest BCUT2D eigenvalue weighted by Gasteiger charge is -2.38. The maximum atomic E-state index is 14.3. The van der Waals surface area contributed by atoms with Gasteiger partial charge in [-0.1, -0.05) is 0 Å². The third-order valence-corrected chi connectivity index (χ3v) is 5.07. The predicted molar refractivity (Wildman–Crippen MR) is 110 cm³/mol. The minimum absolute atomic E-state index is 0.0282. The van der Waals surface area contributed by atoms with E-state index in [0.29, 0.717) is 16.9 Å². The van der Waals surface area contributed by atoms with Crippen molar-refractivity contribution in [3.05, 3.63) is 36.5 Å². The van der Waals surface area contributed by atoms with Gasteiger partial charge in [0, 0.05) is 24.9 Å². The highest BCUT2D eigenvalue weighted by Gasteiger charge is 2.31. The highest BCUT2D eigenvalue weighted by molar-refractivity contribution is 5.87. The van der Waals surface area contributed by atoms with Crippen molar-refractivity contribution in [1.29, 1.82) is 0 Å². The SMILES string of the molecule is CC(=O)NC1(C)CCC1.Nc1nc(N)c2c(-c3ccc4nccn4n3)c(F)cn2n1. The Labute approximate surface area is 171 Å². The molecule has 4 aromatic rings. The number of fused-ring (bicyclic) bond motifs is 2. The summed E-state index contributed by atoms with van der Waals surface area (Å²) in [5.41, 5.74) is 13.1. The minimum atomic E-state index is -0.506. The van der Waals surface area contributed by atoms with Gasteiger partial charge in [0.2, 0.25) is 11.9 Å². The van der Waals surface area contributed by atoms with Crippen LogP contribution in [0.15, 0.2) is 30.7 Å². The van der Waals surface area contributed by atoms with Crippen molar-refractivity contribution in [1.82, 2.24) is 34.5 Å². The summed E-state index contributed by atoms with van der Waals surface area (Å²) in [6.45, 7) is 3.67. The number of rotatable bonds is 2. The van der Waals surface area contributed by atoms with E-state index < -0.39 is 5.82 Å². The molecule has 4 aromatic heterocycles. The zero-order valence-electron chi connectivity index (χ0n) is 16.6. The molecule has 1 aliphatic rings. The normalized spacial score (nSPS) is 14.8. The Kier molecular flexibility index (Phi) is 4.72. The van der Waals surface area contributed by atoms with Gasteiger partial charge in [0.05, 0.1) is 17.5 Å². The van der Waals surface area contributed by atoms with E-state index in [9.17, 15) is 9.18 Å². The summed E-state index contributed by atoms with van der Waals surface area (Å²) in [6, 6.07) is 3.40. The van der Waals surface area contributed by atoms with Gasteiger partial charge in [0.1, 0.15) is 5.52 Å². The van der Waals surface area contributed by atoms with Crippen molar-refractivity contribution < 1.29 is 9.18 Å². The fourth-order valence-electron chi connectivity index (χ4n) is 3.55. The van der Waals surface area contributed by atoms with E-state index in [1.165, 1.54) is 17.1 Å². The highest BCUT2D eigenvalue weighted by Crippen LogP contribution is 2.31. The monoisotopic (exact) mass is 411 g/mol. The summed E-state index contributed by atoms with van der Waals surface area (Å²) in [5.74, 6) is -0.348. The van der Waals surface area contributed by atoms with E-state index >= 15 is 0 Å². The molecule has 10 nitrogen and oxygen atoms in total. The first-order valence-corrected chi connectivity index (χ1v) is 9.45. The van der Waals surface area contributed by atoms with Crippen molar-refractivity contribution in [3.63, 3.8) is 0 Å². The van der Waals surface area contributed by atoms with Gasteiger partial charge in [-0.2, -0.15) is 10.1 Å². The molecule has 1 amide bonds. The maximum Gasteiger partial charge on any atom is 0.240 e. The van der Waals surface area contributed by atoms with Crippen molar-refractivity contribution >= 4 is 28.8 Å². The molecular weight excluding hydrogens is 389 g/mol. The number of imidazole rings is 1. The number of anilines is 2. The molecule has 156 valence electrons. The first-order chi connectivity index (χ1) is 14.3. The number of amides is 1. The van der Waals surface area contributed by atoms with Crippen molar-refractivity contribution in [3.8, 4) is 11.3 Å². The number of nitrogens with one attached hydrogen (secondary N) is 1. The molecule has 0 saturated heterocycles. The second-order valence-electron chi connectivity index (χ2n) is 7.54. The van der Waals surface area contributed by atoms with Crippen LogP contribution in [0.25, 0.3) is 22.4 Å². The molecule has 0 spiro atoms. The van der Waals surface area contributed by atoms with Crippen LogP contribution >= 0.6 is 0 Å². The lowest BCUT2D eigenvalue weighted by molar-refractivity contribution is -0.121. The summed E-state index contributed by atoms with van der Waals surface area (Å²) in [4.78, 5) is 18.5. The number of nitrogens with two attached hydrogens (primary N) is 2. The van der Waals surface area contributed by atoms with E-state index in [2.05, 4.69) is 32.4 Å². The Hall–Kier alpha value is -3.76. The van der Waals surface area contributed by atoms with Crippen LogP contribution in [0.1, 0.15) is 33.1 Å². The van der Waals surface area contributed by atoms with Crippen LogP contribution in [0, 0.1) is 5.82 Å². The number of halogens is 1. The van der Waals surface area contributed by atoms with E-state index in [-0.39, 0.29) is 28.8 Å². The molecule has 30 heavy (non-hydrogen) atoms. The van der Waals surface area contributed by atoms with Crippen LogP contribution in [-0.2, 0) is 4.79 Å². The average molecular weight is 411 g/mol. The van der Waals surface area contributed by atoms with Gasteiger partial charge in [-0.05, 0) is 38.3 Å². The Bertz CT molecular complexity index is 1240. The molecule has 0 bridgehead atoms. The largest absolute Gasteiger partial charge is 0.382 e. The van der Waals surface area contributed by atoms with Gasteiger partial charge in [-0.3, -0.25) is 4.79 Å². The number of hydrogen-bond donors (Lipinski definition) is 3. The summed E-state index contributed by atoms with van der Waals surface area (Å²) in [6.07, 6.45) is 8.03. The molecule has 5 N–H and O–H groups in total. The Morgan fingerprint density at radius 1 is 1.23 bits per heavy atom. The molecule has 1 fully saturated rings. The molecule has 5 rings (SSSR count). The van der Waals surface area contributed by atoms with Gasteiger partial charge in [-0.25, -0.2) is 18.4 Å². The molecule has 0 aliphatic heterocycles. The summed E-state index contributed by atoms with van der Waals surface area (Å²) >= 11 is 0. The van der Waals surface area contributed by atoms with Gasteiger partial charge >= 0.3 is 0 Å². The predicted octanol–water partition coefficient (Wildman–Crippen LogP) is 1.81. The minimum Gasteiger partial charge on any atom is -0.382 e. The van der Waals surface area contributed by atoms with Crippen molar-refractivity contribution in [2.75, 3.05) is 11.5 Å². The molecule has 0 unspecified atom stereocenters. The fourth-order valence-corrected chi connectivity index (χ4v) is 3.55. The Morgan fingerprint density at radius 3 is 2.63 bits per heavy atom. The average Bonchev–Trinajstić information content (AvgIpc) is 3.23. The maximum absolute atomic E-state index is 14.3. The van der Waals surface area contributed by atoms with Gasteiger partial charge in [0.25, 0.3) is 0 Å². The van der Waals surface area contributed by atoms with Gasteiger partial charge in [-0.15, -0.1) is 5.10 Å². The first kappa shape index (κ1) is 19.6. The highest BCUT2D eigenvalue weighted by atomic mass is 19.1. The number of aromatic nitrogens is 6. The molecule has 1 saturated carbocycles. The van der Waals surface area contributed by atoms with Gasteiger partial charge in [0.15, 0.2) is 17.3 Å². The number of nitrogens with zero attached hydrogens (tertiary/aromatic N) is 6. The number of nitrogen functional groups attached to an aromatic ring is 2. The Balaban J connectivity index is 0.000000204. The second kappa shape index (κ2) is 7.25. The quantitative estimate of drug-likeness (QED) is 0.457. The molecule has 1 aliphatic carbocycles. The zero-order chi connectivity index (χ0) is 21.5. The smallest absolute Gasteiger partial charge is 0.240 e. The van der Waals surface area contributed by atoms with Crippen molar-refractivity contribution in [2.45, 2.75) is 38.6 Å². The van der Waals surface area contributed by atoms with Crippen LogP contribution < -0.4 is 16.8 Å². The van der Waals surface area contributed by atoms with E-state index in [4.69, 9.17) is 11.5 Å². The topological polar surface area (TPSA) is 142 Å². The van der Waals surface area contributed by atoms with Crippen LogP contribution in [0.5, 0.6) is 0 Å². The van der Waals surface area contributed by atoms with Crippen LogP contribution in [0.3, 0.4) is 0 Å². The standard InChI is InChI=1S/C12H9FN8.C7H13NO/c13-6-5-21-10(11(14)17-12(15)19-21)9(6)7-1-2-8-16-3-4-20(8)18-7;1-6(9)8-7(2)4-3-5-7/h1-5H,(H4,14,15,17,19);3-5H2,1-2H3,(H,8,9). The van der Waals surface area contributed by atoms with E-state index in [1.807, 2.05) is 0 Å². The van der Waals surface area contributed by atoms with Crippen molar-refractivity contribution in [2.24, 2.45) is 0 Å². The molecule has 0 atom stereocenters. The van der Waals surface area contributed by atoms with Crippen LogP contribution in [0.2, 0.25) is 0 Å². The summed E-state index contributed by atoms with van der Waals surface area (Å²) < 4.78 is 17.1. The summed E-state index contributed by atoms with van der Waals surface area (Å²) in [5, 5.41) is 11.1. The third kappa shape index (κ3) is 3.61. The number of carbonyl (C=O) groups is 1.